The Morgan fingerprint density at radius 1 is 1.21 bits per heavy atom. The molecule has 33 heavy (non-hydrogen) atoms. The highest BCUT2D eigenvalue weighted by Crippen LogP contribution is 2.29. The molecule has 1 fully saturated rings. The second-order valence-electron chi connectivity index (χ2n) is 8.09. The molecule has 10 nitrogen and oxygen atoms in total. The van der Waals surface area contributed by atoms with Crippen molar-refractivity contribution in [3.8, 4) is 17.1 Å². The van der Waals surface area contributed by atoms with Crippen molar-refractivity contribution in [1.29, 1.82) is 0 Å². The molecule has 0 bridgehead atoms. The molecule has 0 aliphatic heterocycles. The zero-order chi connectivity index (χ0) is 23.6. The molecule has 0 saturated heterocycles. The molecule has 0 radical (unpaired) electrons. The Balaban J connectivity index is 1.59. The molecule has 1 N–H and O–H groups in total. The first-order chi connectivity index (χ1) is 16.0. The molecule has 3 rings (SSSR count). The fraction of sp³-hybridized carbons (Fsp3) is 0.609. The van der Waals surface area contributed by atoms with Crippen LogP contribution in [0.5, 0.6) is 5.75 Å². The van der Waals surface area contributed by atoms with E-state index in [4.69, 9.17) is 14.2 Å². The largest absolute Gasteiger partial charge is 0.489 e. The fourth-order valence-corrected chi connectivity index (χ4v) is 3.80. The molecule has 10 heteroatoms. The number of aryl methyl sites for hydroxylation is 1. The lowest BCUT2D eigenvalue weighted by molar-refractivity contribution is -0.150. The van der Waals surface area contributed by atoms with E-state index >= 15 is 0 Å². The summed E-state index contributed by atoms with van der Waals surface area (Å²) in [5, 5.41) is 11.0. The van der Waals surface area contributed by atoms with Gasteiger partial charge in [-0.15, -0.1) is 5.10 Å². The number of hydrogen-bond donors (Lipinski definition) is 1. The molecule has 1 aliphatic carbocycles. The minimum absolute atomic E-state index is 0.0456. The van der Waals surface area contributed by atoms with E-state index in [-0.39, 0.29) is 24.5 Å². The second kappa shape index (κ2) is 12.2. The van der Waals surface area contributed by atoms with E-state index in [1.807, 2.05) is 26.0 Å². The summed E-state index contributed by atoms with van der Waals surface area (Å²) in [6.45, 7) is 4.86. The minimum Gasteiger partial charge on any atom is -0.489 e. The van der Waals surface area contributed by atoms with Crippen LogP contribution in [0.25, 0.3) is 11.4 Å². The number of ether oxygens (including phenoxy) is 3. The van der Waals surface area contributed by atoms with Crippen LogP contribution in [0, 0.1) is 5.92 Å². The number of amides is 1. The number of carbonyl (C=O) groups is 2. The maximum absolute atomic E-state index is 12.1. The lowest BCUT2D eigenvalue weighted by atomic mass is 9.87. The Kier molecular flexibility index (Phi) is 9.03. The molecule has 0 unspecified atom stereocenters. The van der Waals surface area contributed by atoms with Crippen LogP contribution in [0.15, 0.2) is 18.3 Å². The van der Waals surface area contributed by atoms with Crippen molar-refractivity contribution in [3.63, 3.8) is 0 Å². The van der Waals surface area contributed by atoms with Crippen LogP contribution in [-0.4, -0.2) is 51.4 Å². The normalized spacial score (nSPS) is 17.9. The molecule has 180 valence electrons. The van der Waals surface area contributed by atoms with Crippen molar-refractivity contribution >= 4 is 12.1 Å². The monoisotopic (exact) mass is 459 g/mol. The van der Waals surface area contributed by atoms with Crippen LogP contribution in [0.3, 0.4) is 0 Å². The van der Waals surface area contributed by atoms with Gasteiger partial charge in [0.05, 0.1) is 49.4 Å². The summed E-state index contributed by atoms with van der Waals surface area (Å²) in [4.78, 5) is 28.4. The highest BCUT2D eigenvalue weighted by Gasteiger charge is 2.29. The molecular formula is C23H33N5O5. The van der Waals surface area contributed by atoms with Crippen LogP contribution < -0.4 is 10.1 Å². The maximum Gasteiger partial charge on any atom is 0.407 e. The van der Waals surface area contributed by atoms with Gasteiger partial charge in [-0.2, -0.15) is 0 Å². The summed E-state index contributed by atoms with van der Waals surface area (Å²) >= 11 is 0. The predicted octanol–water partition coefficient (Wildman–Crippen LogP) is 3.40. The van der Waals surface area contributed by atoms with Crippen molar-refractivity contribution < 1.29 is 23.8 Å². The van der Waals surface area contributed by atoms with Crippen molar-refractivity contribution in [2.24, 2.45) is 13.0 Å². The molecule has 1 amide bonds. The molecule has 0 spiro atoms. The number of alkyl carbamates (subject to hydrolysis) is 1. The van der Waals surface area contributed by atoms with Gasteiger partial charge in [0, 0.05) is 7.05 Å². The van der Waals surface area contributed by atoms with Gasteiger partial charge in [-0.25, -0.2) is 9.48 Å². The van der Waals surface area contributed by atoms with Gasteiger partial charge >= 0.3 is 12.1 Å². The summed E-state index contributed by atoms with van der Waals surface area (Å²) in [6, 6.07) is 3.65. The van der Waals surface area contributed by atoms with E-state index in [0.29, 0.717) is 42.5 Å². The van der Waals surface area contributed by atoms with Gasteiger partial charge in [-0.3, -0.25) is 9.78 Å². The minimum atomic E-state index is -0.471. The van der Waals surface area contributed by atoms with Crippen LogP contribution >= 0.6 is 0 Å². The average molecular weight is 460 g/mol. The van der Waals surface area contributed by atoms with Gasteiger partial charge < -0.3 is 19.5 Å². The lowest BCUT2D eigenvalue weighted by Gasteiger charge is -2.28. The second-order valence-corrected chi connectivity index (χ2v) is 8.09. The van der Waals surface area contributed by atoms with Crippen LogP contribution in [0.2, 0.25) is 0 Å². The van der Waals surface area contributed by atoms with E-state index in [9.17, 15) is 9.59 Å². The van der Waals surface area contributed by atoms with E-state index in [2.05, 4.69) is 20.6 Å². The number of carbonyl (C=O) groups excluding carboxylic acids is 2. The van der Waals surface area contributed by atoms with Crippen LogP contribution in [0.1, 0.15) is 58.1 Å². The van der Waals surface area contributed by atoms with Gasteiger partial charge in [-0.05, 0) is 51.2 Å². The first-order valence-corrected chi connectivity index (χ1v) is 11.6. The first kappa shape index (κ1) is 24.5. The van der Waals surface area contributed by atoms with Gasteiger partial charge in [0.1, 0.15) is 11.4 Å². The molecule has 1 saturated carbocycles. The average Bonchev–Trinajstić information content (AvgIpc) is 3.19. The number of unbranched alkanes of at least 4 members (excludes halogenated alkanes) is 1. The van der Waals surface area contributed by atoms with Gasteiger partial charge in [0.2, 0.25) is 0 Å². The Morgan fingerprint density at radius 2 is 2.06 bits per heavy atom. The van der Waals surface area contributed by atoms with E-state index in [0.717, 1.165) is 32.1 Å². The molecule has 0 aromatic carbocycles. The van der Waals surface area contributed by atoms with Gasteiger partial charge in [-0.1, -0.05) is 18.6 Å². The highest BCUT2D eigenvalue weighted by atomic mass is 16.5. The summed E-state index contributed by atoms with van der Waals surface area (Å²) in [6.07, 6.45) is 6.23. The number of hydrogen-bond acceptors (Lipinski definition) is 8. The quantitative estimate of drug-likeness (QED) is 0.424. The van der Waals surface area contributed by atoms with Crippen LogP contribution in [0.4, 0.5) is 4.79 Å². The number of nitrogens with zero attached hydrogens (tertiary/aromatic N) is 4. The third kappa shape index (κ3) is 6.90. The molecule has 1 aliphatic rings. The van der Waals surface area contributed by atoms with Gasteiger partial charge in [0.25, 0.3) is 0 Å². The maximum atomic E-state index is 12.1. The number of esters is 1. The van der Waals surface area contributed by atoms with Crippen molar-refractivity contribution in [1.82, 2.24) is 25.3 Å². The molecule has 2 aromatic heterocycles. The van der Waals surface area contributed by atoms with Crippen molar-refractivity contribution in [2.45, 2.75) is 65.0 Å². The summed E-state index contributed by atoms with van der Waals surface area (Å²) in [5.41, 5.74) is 1.92. The van der Waals surface area contributed by atoms with Gasteiger partial charge in [0.15, 0.2) is 0 Å². The molecule has 2 heterocycles. The van der Waals surface area contributed by atoms with E-state index in [1.165, 1.54) is 0 Å². The Morgan fingerprint density at radius 3 is 2.79 bits per heavy atom. The summed E-state index contributed by atoms with van der Waals surface area (Å²) in [5.74, 6) is 0.382. The summed E-state index contributed by atoms with van der Waals surface area (Å²) < 4.78 is 18.0. The lowest BCUT2D eigenvalue weighted by Crippen LogP contribution is -2.30. The summed E-state index contributed by atoms with van der Waals surface area (Å²) in [7, 11) is 1.76. The third-order valence-corrected chi connectivity index (χ3v) is 5.60. The number of rotatable bonds is 10. The SMILES string of the molecule is CCCCOC(=O)NCc1c(-c2ccc(O[C@H]3CCC[C@H](C(=O)OCC)C3)cn2)nnn1C. The van der Waals surface area contributed by atoms with E-state index in [1.54, 1.807) is 17.9 Å². The number of aromatic nitrogens is 4. The molecular weight excluding hydrogens is 426 g/mol. The zero-order valence-corrected chi connectivity index (χ0v) is 19.6. The van der Waals surface area contributed by atoms with Crippen molar-refractivity contribution in [2.75, 3.05) is 13.2 Å². The Hall–Kier alpha value is -3.17. The van der Waals surface area contributed by atoms with Crippen LogP contribution in [-0.2, 0) is 27.9 Å². The number of nitrogens with one attached hydrogen (secondary N) is 1. The smallest absolute Gasteiger partial charge is 0.407 e. The Bertz CT molecular complexity index is 914. The molecule has 2 aromatic rings. The zero-order valence-electron chi connectivity index (χ0n) is 19.6. The fourth-order valence-electron chi connectivity index (χ4n) is 3.80. The molecule has 2 atom stereocenters. The highest BCUT2D eigenvalue weighted by molar-refractivity contribution is 5.72. The topological polar surface area (TPSA) is 117 Å². The van der Waals surface area contributed by atoms with E-state index < -0.39 is 6.09 Å². The van der Waals surface area contributed by atoms with Crippen molar-refractivity contribution in [3.05, 3.63) is 24.0 Å². The first-order valence-electron chi connectivity index (χ1n) is 11.6. The third-order valence-electron chi connectivity index (χ3n) is 5.60. The number of pyridine rings is 1. The standard InChI is InChI=1S/C23H33N5O5/c1-4-6-12-32-23(30)25-15-20-21(26-27-28(20)3)19-11-10-18(14-24-19)33-17-9-7-8-16(13-17)22(29)31-5-2/h10-11,14,16-17H,4-9,12-13,15H2,1-3H3,(H,25,30)/t16-,17-/m0/s1. The predicted molar refractivity (Wildman–Crippen MR) is 120 cm³/mol. The Labute approximate surface area is 194 Å².